The summed E-state index contributed by atoms with van der Waals surface area (Å²) in [5.41, 5.74) is 5.25. The Labute approximate surface area is 206 Å². The highest BCUT2D eigenvalue weighted by molar-refractivity contribution is 5.88. The molecule has 35 heavy (non-hydrogen) atoms. The molecule has 184 valence electrons. The largest absolute Gasteiger partial charge is 0.497 e. The summed E-state index contributed by atoms with van der Waals surface area (Å²) in [6.45, 7) is 7.81. The van der Waals surface area contributed by atoms with Crippen LogP contribution in [0.5, 0.6) is 11.5 Å². The third-order valence-electron chi connectivity index (χ3n) is 6.47. The zero-order valence-electron chi connectivity index (χ0n) is 20.8. The first kappa shape index (κ1) is 24.4. The minimum Gasteiger partial charge on any atom is -0.497 e. The van der Waals surface area contributed by atoms with Gasteiger partial charge in [0.2, 0.25) is 5.88 Å². The van der Waals surface area contributed by atoms with E-state index < -0.39 is 0 Å². The molecule has 0 radical (unpaired) electrons. The van der Waals surface area contributed by atoms with Crippen LogP contribution in [0.3, 0.4) is 0 Å². The van der Waals surface area contributed by atoms with Crippen molar-refractivity contribution in [2.75, 3.05) is 32.1 Å². The minimum absolute atomic E-state index is 0.151. The number of aryl methyl sites for hydroxylation is 1. The van der Waals surface area contributed by atoms with Crippen LogP contribution >= 0.6 is 0 Å². The molecule has 1 fully saturated rings. The van der Waals surface area contributed by atoms with Crippen molar-refractivity contribution in [1.82, 2.24) is 10.1 Å². The van der Waals surface area contributed by atoms with Crippen LogP contribution in [0.2, 0.25) is 0 Å². The maximum atomic E-state index is 12.7. The lowest BCUT2D eigenvalue weighted by Gasteiger charge is -2.33. The summed E-state index contributed by atoms with van der Waals surface area (Å²) >= 11 is 0. The van der Waals surface area contributed by atoms with Gasteiger partial charge in [-0.3, -0.25) is 5.32 Å². The molecule has 2 amide bonds. The minimum atomic E-state index is -0.151. The van der Waals surface area contributed by atoms with Gasteiger partial charge in [0.15, 0.2) is 0 Å². The highest BCUT2D eigenvalue weighted by Crippen LogP contribution is 2.27. The Bertz CT molecular complexity index is 1200. The van der Waals surface area contributed by atoms with Crippen LogP contribution in [0.1, 0.15) is 35.7 Å². The number of anilines is 1. The highest BCUT2D eigenvalue weighted by atomic mass is 16.5. The third kappa shape index (κ3) is 6.23. The molecule has 1 aliphatic rings. The lowest BCUT2D eigenvalue weighted by atomic mass is 9.91. The Morgan fingerprint density at radius 3 is 2.74 bits per heavy atom. The quantitative estimate of drug-likeness (QED) is 0.462. The molecule has 2 heterocycles. The topological polar surface area (TPSA) is 76.8 Å². The van der Waals surface area contributed by atoms with Gasteiger partial charge < -0.3 is 18.9 Å². The maximum absolute atomic E-state index is 12.7. The Balaban J connectivity index is 1.32. The van der Waals surface area contributed by atoms with Gasteiger partial charge in [0.1, 0.15) is 11.5 Å². The first-order valence-electron chi connectivity index (χ1n) is 12.0. The molecule has 1 aliphatic heterocycles. The lowest BCUT2D eigenvalue weighted by Crippen LogP contribution is -2.42. The fraction of sp³-hybridized carbons (Fsp3) is 0.357. The number of carbonyl (C=O) groups excluding carboxylic acids is 1. The summed E-state index contributed by atoms with van der Waals surface area (Å²) in [6.07, 6.45) is 3.85. The fourth-order valence-corrected chi connectivity index (χ4v) is 4.18. The van der Waals surface area contributed by atoms with Gasteiger partial charge in [-0.25, -0.2) is 4.79 Å². The number of amides is 2. The molecular formula is C28H33N3O4. The molecule has 0 aliphatic carbocycles. The molecule has 7 heteroatoms. The number of benzene rings is 2. The summed E-state index contributed by atoms with van der Waals surface area (Å²) < 4.78 is 16.5. The van der Waals surface area contributed by atoms with E-state index in [0.29, 0.717) is 25.6 Å². The zero-order chi connectivity index (χ0) is 24.8. The molecule has 1 unspecified atom stereocenters. The van der Waals surface area contributed by atoms with Crippen LogP contribution in [0.15, 0.2) is 58.6 Å². The van der Waals surface area contributed by atoms with Gasteiger partial charge in [0, 0.05) is 25.1 Å². The summed E-state index contributed by atoms with van der Waals surface area (Å²) in [6, 6.07) is 16.0. The van der Waals surface area contributed by atoms with E-state index in [9.17, 15) is 4.79 Å². The van der Waals surface area contributed by atoms with E-state index in [1.54, 1.807) is 7.11 Å². The van der Waals surface area contributed by atoms with E-state index in [0.717, 1.165) is 41.2 Å². The molecule has 3 aromatic rings. The first-order chi connectivity index (χ1) is 16.9. The number of nitrogens with zero attached hydrogens (tertiary/aromatic N) is 2. The van der Waals surface area contributed by atoms with E-state index in [-0.39, 0.29) is 11.9 Å². The molecule has 7 nitrogen and oxygen atoms in total. The van der Waals surface area contributed by atoms with Crippen molar-refractivity contribution >= 4 is 18.0 Å². The standard InChI is InChI=1S/C28H33N3O4/c1-19-18-31(28(32)29-27-20(2)21(3)30-35-27)13-11-24(19)15-23-8-6-10-26(17-23)34-14-12-22-7-5-9-25(16-22)33-4/h5-10,15-17,19H,11-14,18H2,1-4H3,(H,29,32)/b24-15+. The molecule has 0 spiro atoms. The van der Waals surface area contributed by atoms with Crippen LogP contribution in [0.25, 0.3) is 6.08 Å². The van der Waals surface area contributed by atoms with Gasteiger partial charge in [0.05, 0.1) is 19.4 Å². The summed E-state index contributed by atoms with van der Waals surface area (Å²) in [5, 5.41) is 6.75. The fourth-order valence-electron chi connectivity index (χ4n) is 4.18. The Kier molecular flexibility index (Phi) is 7.75. The normalized spacial score (nSPS) is 16.9. The Morgan fingerprint density at radius 1 is 1.20 bits per heavy atom. The van der Waals surface area contributed by atoms with Crippen molar-refractivity contribution in [3.05, 3.63) is 76.5 Å². The number of hydrogen-bond acceptors (Lipinski definition) is 5. The van der Waals surface area contributed by atoms with Crippen LogP contribution in [0, 0.1) is 19.8 Å². The van der Waals surface area contributed by atoms with Gasteiger partial charge >= 0.3 is 6.03 Å². The van der Waals surface area contributed by atoms with Gasteiger partial charge in [-0.2, -0.15) is 0 Å². The van der Waals surface area contributed by atoms with Crippen LogP contribution in [0.4, 0.5) is 10.7 Å². The first-order valence-corrected chi connectivity index (χ1v) is 12.0. The number of carbonyl (C=O) groups is 1. The molecule has 1 aromatic heterocycles. The number of ether oxygens (including phenoxy) is 2. The average Bonchev–Trinajstić information content (AvgIpc) is 3.18. The lowest BCUT2D eigenvalue weighted by molar-refractivity contribution is 0.197. The van der Waals surface area contributed by atoms with E-state index in [1.165, 1.54) is 11.1 Å². The molecule has 0 saturated carbocycles. The number of piperidine rings is 1. The number of nitrogens with one attached hydrogen (secondary N) is 1. The van der Waals surface area contributed by atoms with Crippen LogP contribution < -0.4 is 14.8 Å². The van der Waals surface area contributed by atoms with Crippen molar-refractivity contribution < 1.29 is 18.8 Å². The van der Waals surface area contributed by atoms with E-state index in [4.69, 9.17) is 14.0 Å². The van der Waals surface area contributed by atoms with E-state index >= 15 is 0 Å². The van der Waals surface area contributed by atoms with E-state index in [1.807, 2.05) is 49.1 Å². The smallest absolute Gasteiger partial charge is 0.324 e. The van der Waals surface area contributed by atoms with Crippen molar-refractivity contribution in [3.8, 4) is 11.5 Å². The van der Waals surface area contributed by atoms with Crippen LogP contribution in [-0.4, -0.2) is 42.9 Å². The van der Waals surface area contributed by atoms with Crippen LogP contribution in [-0.2, 0) is 6.42 Å². The van der Waals surface area contributed by atoms with Gasteiger partial charge in [-0.1, -0.05) is 48.0 Å². The maximum Gasteiger partial charge on any atom is 0.324 e. The van der Waals surface area contributed by atoms with Crippen molar-refractivity contribution in [1.29, 1.82) is 0 Å². The Hall–Kier alpha value is -3.74. The molecule has 1 atom stereocenters. The van der Waals surface area contributed by atoms with Gasteiger partial charge in [-0.05, 0) is 61.6 Å². The summed E-state index contributed by atoms with van der Waals surface area (Å²) in [7, 11) is 1.68. The molecule has 1 N–H and O–H groups in total. The summed E-state index contributed by atoms with van der Waals surface area (Å²) in [4.78, 5) is 14.5. The monoisotopic (exact) mass is 475 g/mol. The van der Waals surface area contributed by atoms with Gasteiger partial charge in [0.25, 0.3) is 0 Å². The second kappa shape index (κ2) is 11.1. The van der Waals surface area contributed by atoms with Crippen molar-refractivity contribution in [3.63, 3.8) is 0 Å². The zero-order valence-corrected chi connectivity index (χ0v) is 20.8. The van der Waals surface area contributed by atoms with Gasteiger partial charge in [-0.15, -0.1) is 0 Å². The number of rotatable bonds is 7. The Morgan fingerprint density at radius 2 is 2.00 bits per heavy atom. The number of methoxy groups -OCH3 is 1. The summed E-state index contributed by atoms with van der Waals surface area (Å²) in [5.74, 6) is 2.38. The number of likely N-dealkylation sites (tertiary alicyclic amines) is 1. The molecule has 0 bridgehead atoms. The van der Waals surface area contributed by atoms with Crippen molar-refractivity contribution in [2.45, 2.75) is 33.6 Å². The second-order valence-corrected chi connectivity index (χ2v) is 8.99. The number of aromatic nitrogens is 1. The molecular weight excluding hydrogens is 442 g/mol. The third-order valence-corrected chi connectivity index (χ3v) is 6.47. The average molecular weight is 476 g/mol. The predicted molar refractivity (Wildman–Crippen MR) is 137 cm³/mol. The van der Waals surface area contributed by atoms with Crippen molar-refractivity contribution in [2.24, 2.45) is 5.92 Å². The predicted octanol–water partition coefficient (Wildman–Crippen LogP) is 5.88. The number of urea groups is 1. The number of hydrogen-bond donors (Lipinski definition) is 1. The SMILES string of the molecule is COc1cccc(CCOc2cccc(/C=C3\CCN(C(=O)Nc4onc(C)c4C)CC3C)c2)c1. The second-order valence-electron chi connectivity index (χ2n) is 8.99. The van der Waals surface area contributed by atoms with E-state index in [2.05, 4.69) is 41.7 Å². The highest BCUT2D eigenvalue weighted by Gasteiger charge is 2.25. The molecule has 1 saturated heterocycles. The molecule has 4 rings (SSSR count). The molecule has 2 aromatic carbocycles.